The second-order valence-corrected chi connectivity index (χ2v) is 10.1. The van der Waals surface area contributed by atoms with E-state index in [-0.39, 0.29) is 11.8 Å². The monoisotopic (exact) mass is 525 g/mol. The van der Waals surface area contributed by atoms with E-state index in [1.165, 1.54) is 28.7 Å². The number of benzene rings is 3. The fourth-order valence-corrected chi connectivity index (χ4v) is 5.46. The Kier molecular flexibility index (Phi) is 7.57. The van der Waals surface area contributed by atoms with E-state index in [0.717, 1.165) is 25.4 Å². The van der Waals surface area contributed by atoms with Crippen molar-refractivity contribution in [2.45, 2.75) is 10.8 Å². The van der Waals surface area contributed by atoms with Gasteiger partial charge < -0.3 is 10.6 Å². The molecule has 2 N–H and O–H groups in total. The van der Waals surface area contributed by atoms with Gasteiger partial charge in [0, 0.05) is 16.7 Å². The molecule has 0 aliphatic carbocycles. The van der Waals surface area contributed by atoms with Gasteiger partial charge in [-0.25, -0.2) is 4.98 Å². The van der Waals surface area contributed by atoms with Gasteiger partial charge in [-0.05, 0) is 58.2 Å². The highest BCUT2D eigenvalue weighted by Gasteiger charge is 2.12. The Morgan fingerprint density at radius 1 is 1.00 bits per heavy atom. The first kappa shape index (κ1) is 22.5. The molecule has 0 bridgehead atoms. The Morgan fingerprint density at radius 2 is 1.78 bits per heavy atom. The summed E-state index contributed by atoms with van der Waals surface area (Å²) < 4.78 is 2.53. The standard InChI is InChI=1S/C24H20BrN3O2S2/c25-19-9-5-4-8-18(19)23(30)27-17-10-11-20-21(14-17)32-24(28-20)31-15-22(29)26-13-12-16-6-2-1-3-7-16/h1-11,14H,12-13,15H2,(H,26,29)(H,27,30). The van der Waals surface area contributed by atoms with E-state index in [9.17, 15) is 9.59 Å². The predicted molar refractivity (Wildman–Crippen MR) is 136 cm³/mol. The molecule has 0 saturated carbocycles. The molecule has 4 rings (SSSR count). The van der Waals surface area contributed by atoms with Gasteiger partial charge in [0.05, 0.1) is 21.5 Å². The van der Waals surface area contributed by atoms with Crippen molar-refractivity contribution in [3.05, 3.63) is 88.4 Å². The molecule has 8 heteroatoms. The number of halogens is 1. The molecule has 0 fully saturated rings. The zero-order valence-electron chi connectivity index (χ0n) is 17.0. The maximum Gasteiger partial charge on any atom is 0.256 e. The van der Waals surface area contributed by atoms with Crippen molar-refractivity contribution in [1.29, 1.82) is 0 Å². The number of aromatic nitrogens is 1. The third kappa shape index (κ3) is 5.97. The lowest BCUT2D eigenvalue weighted by Gasteiger charge is -2.06. The second kappa shape index (κ2) is 10.8. The van der Waals surface area contributed by atoms with Gasteiger partial charge in [0.15, 0.2) is 4.34 Å². The molecule has 0 saturated heterocycles. The van der Waals surface area contributed by atoms with Gasteiger partial charge in [-0.15, -0.1) is 11.3 Å². The molecule has 4 aromatic rings. The van der Waals surface area contributed by atoms with E-state index in [1.807, 2.05) is 54.6 Å². The van der Waals surface area contributed by atoms with Crippen LogP contribution in [0.1, 0.15) is 15.9 Å². The molecule has 1 heterocycles. The van der Waals surface area contributed by atoms with Crippen LogP contribution in [0, 0.1) is 0 Å². The summed E-state index contributed by atoms with van der Waals surface area (Å²) in [7, 11) is 0. The number of rotatable bonds is 8. The number of fused-ring (bicyclic) bond motifs is 1. The van der Waals surface area contributed by atoms with Crippen LogP contribution >= 0.6 is 39.0 Å². The van der Waals surface area contributed by atoms with Gasteiger partial charge in [-0.3, -0.25) is 9.59 Å². The third-order valence-corrected chi connectivity index (χ3v) is 7.50. The highest BCUT2D eigenvalue weighted by Crippen LogP contribution is 2.31. The Balaban J connectivity index is 1.31. The third-order valence-electron chi connectivity index (χ3n) is 4.65. The summed E-state index contributed by atoms with van der Waals surface area (Å²) in [5.41, 5.74) is 3.33. The maximum atomic E-state index is 12.5. The molecule has 162 valence electrons. The van der Waals surface area contributed by atoms with Crippen molar-refractivity contribution >= 4 is 66.7 Å². The number of nitrogens with one attached hydrogen (secondary N) is 2. The van der Waals surface area contributed by atoms with E-state index in [2.05, 4.69) is 43.7 Å². The van der Waals surface area contributed by atoms with E-state index in [4.69, 9.17) is 0 Å². The fourth-order valence-electron chi connectivity index (χ4n) is 3.06. The summed E-state index contributed by atoms with van der Waals surface area (Å²) in [6.07, 6.45) is 0.812. The normalized spacial score (nSPS) is 10.8. The molecule has 32 heavy (non-hydrogen) atoms. The van der Waals surface area contributed by atoms with Gasteiger partial charge in [0.1, 0.15) is 0 Å². The summed E-state index contributed by atoms with van der Waals surface area (Å²) in [4.78, 5) is 29.3. The minimum absolute atomic E-state index is 0.00780. The predicted octanol–water partition coefficient (Wildman–Crippen LogP) is 5.76. The van der Waals surface area contributed by atoms with Gasteiger partial charge in [0.25, 0.3) is 5.91 Å². The first-order valence-electron chi connectivity index (χ1n) is 9.98. The van der Waals surface area contributed by atoms with Crippen LogP contribution in [0.2, 0.25) is 0 Å². The van der Waals surface area contributed by atoms with Crippen LogP contribution in [-0.2, 0) is 11.2 Å². The number of anilines is 1. The van der Waals surface area contributed by atoms with Gasteiger partial charge in [0.2, 0.25) is 5.91 Å². The summed E-state index contributed by atoms with van der Waals surface area (Å²) in [6, 6.07) is 23.0. The van der Waals surface area contributed by atoms with Crippen LogP contribution in [-0.4, -0.2) is 29.1 Å². The topological polar surface area (TPSA) is 71.1 Å². The Labute approximate surface area is 202 Å². The van der Waals surface area contributed by atoms with E-state index in [1.54, 1.807) is 6.07 Å². The summed E-state index contributed by atoms with van der Waals surface area (Å²) in [6.45, 7) is 0.615. The molecule has 0 aliphatic rings. The molecule has 5 nitrogen and oxygen atoms in total. The molecule has 3 aromatic carbocycles. The molecule has 0 unspecified atom stereocenters. The fraction of sp³-hybridized carbons (Fsp3) is 0.125. The van der Waals surface area contributed by atoms with Crippen LogP contribution in [0.3, 0.4) is 0 Å². The van der Waals surface area contributed by atoms with E-state index < -0.39 is 0 Å². The maximum absolute atomic E-state index is 12.5. The van der Waals surface area contributed by atoms with E-state index in [0.29, 0.717) is 23.5 Å². The van der Waals surface area contributed by atoms with Crippen molar-refractivity contribution < 1.29 is 9.59 Å². The minimum atomic E-state index is -0.178. The van der Waals surface area contributed by atoms with Crippen LogP contribution in [0.15, 0.2) is 81.6 Å². The number of carbonyl (C=O) groups is 2. The lowest BCUT2D eigenvalue weighted by atomic mass is 10.1. The zero-order chi connectivity index (χ0) is 22.3. The highest BCUT2D eigenvalue weighted by atomic mass is 79.9. The van der Waals surface area contributed by atoms with Gasteiger partial charge >= 0.3 is 0 Å². The molecule has 0 radical (unpaired) electrons. The molecular weight excluding hydrogens is 506 g/mol. The van der Waals surface area contributed by atoms with Crippen LogP contribution in [0.4, 0.5) is 5.69 Å². The number of hydrogen-bond acceptors (Lipinski definition) is 5. The molecule has 1 aromatic heterocycles. The minimum Gasteiger partial charge on any atom is -0.355 e. The first-order valence-corrected chi connectivity index (χ1v) is 12.6. The van der Waals surface area contributed by atoms with Crippen LogP contribution < -0.4 is 10.6 Å². The number of thioether (sulfide) groups is 1. The lowest BCUT2D eigenvalue weighted by Crippen LogP contribution is -2.27. The largest absolute Gasteiger partial charge is 0.355 e. The number of thiazole rings is 1. The quantitative estimate of drug-likeness (QED) is 0.287. The van der Waals surface area contributed by atoms with E-state index >= 15 is 0 Å². The summed E-state index contributed by atoms with van der Waals surface area (Å²) in [5.74, 6) is 0.134. The van der Waals surface area contributed by atoms with Crippen molar-refractivity contribution in [2.24, 2.45) is 0 Å². The first-order chi connectivity index (χ1) is 15.6. The molecule has 0 spiro atoms. The van der Waals surface area contributed by atoms with Crippen LogP contribution in [0.25, 0.3) is 10.2 Å². The summed E-state index contributed by atoms with van der Waals surface area (Å²) >= 11 is 6.34. The number of nitrogens with zero attached hydrogens (tertiary/aromatic N) is 1. The average molecular weight is 526 g/mol. The van der Waals surface area contributed by atoms with Crippen molar-refractivity contribution in [3.63, 3.8) is 0 Å². The zero-order valence-corrected chi connectivity index (χ0v) is 20.2. The molecule has 0 aliphatic heterocycles. The number of amides is 2. The van der Waals surface area contributed by atoms with Gasteiger partial charge in [-0.1, -0.05) is 54.2 Å². The Bertz CT molecular complexity index is 1240. The smallest absolute Gasteiger partial charge is 0.256 e. The molecular formula is C24H20BrN3O2S2. The summed E-state index contributed by atoms with van der Waals surface area (Å²) in [5, 5.41) is 5.88. The van der Waals surface area contributed by atoms with Crippen molar-refractivity contribution in [1.82, 2.24) is 10.3 Å². The van der Waals surface area contributed by atoms with Crippen LogP contribution in [0.5, 0.6) is 0 Å². The average Bonchev–Trinajstić information content (AvgIpc) is 3.21. The SMILES string of the molecule is O=C(CSc1nc2ccc(NC(=O)c3ccccc3Br)cc2s1)NCCc1ccccc1. The second-order valence-electron chi connectivity index (χ2n) is 6.97. The Morgan fingerprint density at radius 3 is 2.59 bits per heavy atom. The van der Waals surface area contributed by atoms with Crippen molar-refractivity contribution in [3.8, 4) is 0 Å². The Hall–Kier alpha value is -2.68. The van der Waals surface area contributed by atoms with Crippen molar-refractivity contribution in [2.75, 3.05) is 17.6 Å². The van der Waals surface area contributed by atoms with Gasteiger partial charge in [-0.2, -0.15) is 0 Å². The lowest BCUT2D eigenvalue weighted by molar-refractivity contribution is -0.118. The number of carbonyl (C=O) groups excluding carboxylic acids is 2. The highest BCUT2D eigenvalue weighted by molar-refractivity contribution is 9.10. The number of hydrogen-bond donors (Lipinski definition) is 2. The molecule has 0 atom stereocenters. The molecule has 2 amide bonds.